The van der Waals surface area contributed by atoms with Crippen LogP contribution in [0.25, 0.3) is 0 Å². The van der Waals surface area contributed by atoms with E-state index in [1.165, 1.54) is 30.3 Å². The van der Waals surface area contributed by atoms with Crippen LogP contribution in [0, 0.1) is 0 Å². The van der Waals surface area contributed by atoms with E-state index in [0.29, 0.717) is 22.8 Å². The lowest BCUT2D eigenvalue weighted by Crippen LogP contribution is -2.23. The number of amides is 1. The zero-order valence-corrected chi connectivity index (χ0v) is 15.8. The maximum Gasteiger partial charge on any atom is 0.261 e. The van der Waals surface area contributed by atoms with Crippen molar-refractivity contribution in [2.24, 2.45) is 0 Å². The van der Waals surface area contributed by atoms with Gasteiger partial charge in [-0.15, -0.1) is 0 Å². The average molecular weight is 401 g/mol. The van der Waals surface area contributed by atoms with Gasteiger partial charge < -0.3 is 5.32 Å². The summed E-state index contributed by atoms with van der Waals surface area (Å²) in [5.41, 5.74) is 1.64. The fourth-order valence-electron chi connectivity index (χ4n) is 2.43. The fourth-order valence-corrected chi connectivity index (χ4v) is 3.61. The highest BCUT2D eigenvalue weighted by atomic mass is 35.5. The molecule has 0 fully saturated rings. The monoisotopic (exact) mass is 400 g/mol. The Balaban J connectivity index is 1.71. The van der Waals surface area contributed by atoms with Crippen LogP contribution in [-0.4, -0.2) is 14.3 Å². The summed E-state index contributed by atoms with van der Waals surface area (Å²) < 4.78 is 27.4. The summed E-state index contributed by atoms with van der Waals surface area (Å²) in [6.07, 6.45) is 0. The zero-order chi connectivity index (χ0) is 19.3. The minimum atomic E-state index is -3.77. The number of carbonyl (C=O) groups is 1. The van der Waals surface area contributed by atoms with Gasteiger partial charge in [0.25, 0.3) is 15.9 Å². The van der Waals surface area contributed by atoms with Crippen LogP contribution >= 0.6 is 11.6 Å². The van der Waals surface area contributed by atoms with E-state index in [4.69, 9.17) is 11.6 Å². The predicted octanol–water partition coefficient (Wildman–Crippen LogP) is 4.07. The molecule has 5 nitrogen and oxygen atoms in total. The summed E-state index contributed by atoms with van der Waals surface area (Å²) in [7, 11) is -3.77. The number of sulfonamides is 1. The molecular formula is C20H17ClN2O3S. The van der Waals surface area contributed by atoms with Crippen LogP contribution in [0.3, 0.4) is 0 Å². The Hall–Kier alpha value is -2.83. The molecule has 0 aliphatic carbocycles. The summed E-state index contributed by atoms with van der Waals surface area (Å²) in [5, 5.41) is 3.26. The Bertz CT molecular complexity index is 1040. The SMILES string of the molecule is O=C(NCc1ccccc1)c1cccc(NS(=O)(=O)c2ccc(Cl)cc2)c1. The molecule has 0 saturated heterocycles. The molecule has 3 aromatic rings. The number of benzene rings is 3. The molecule has 1 amide bonds. The second kappa shape index (κ2) is 8.24. The van der Waals surface area contributed by atoms with Crippen LogP contribution in [0.5, 0.6) is 0 Å². The summed E-state index contributed by atoms with van der Waals surface area (Å²) in [6, 6.07) is 21.7. The Morgan fingerprint density at radius 1 is 0.889 bits per heavy atom. The number of nitrogens with one attached hydrogen (secondary N) is 2. The minimum Gasteiger partial charge on any atom is -0.348 e. The third-order valence-electron chi connectivity index (χ3n) is 3.80. The lowest BCUT2D eigenvalue weighted by atomic mass is 10.2. The summed E-state index contributed by atoms with van der Waals surface area (Å²) >= 11 is 5.79. The molecule has 138 valence electrons. The van der Waals surface area contributed by atoms with E-state index in [-0.39, 0.29) is 10.8 Å². The van der Waals surface area contributed by atoms with E-state index in [0.717, 1.165) is 5.56 Å². The second-order valence-electron chi connectivity index (χ2n) is 5.81. The van der Waals surface area contributed by atoms with Crippen LogP contribution in [0.1, 0.15) is 15.9 Å². The normalized spacial score (nSPS) is 11.0. The van der Waals surface area contributed by atoms with Crippen molar-refractivity contribution in [3.63, 3.8) is 0 Å². The molecule has 3 aromatic carbocycles. The number of anilines is 1. The molecular weight excluding hydrogens is 384 g/mol. The molecule has 3 rings (SSSR count). The molecule has 27 heavy (non-hydrogen) atoms. The van der Waals surface area contributed by atoms with Crippen molar-refractivity contribution >= 4 is 33.2 Å². The second-order valence-corrected chi connectivity index (χ2v) is 7.93. The molecule has 0 aliphatic heterocycles. The Labute approximate surface area is 163 Å². The highest BCUT2D eigenvalue weighted by Crippen LogP contribution is 2.19. The van der Waals surface area contributed by atoms with Gasteiger partial charge in [-0.05, 0) is 48.0 Å². The average Bonchev–Trinajstić information content (AvgIpc) is 2.67. The van der Waals surface area contributed by atoms with Gasteiger partial charge in [0.2, 0.25) is 0 Å². The van der Waals surface area contributed by atoms with Gasteiger partial charge in [0, 0.05) is 22.8 Å². The topological polar surface area (TPSA) is 75.3 Å². The molecule has 0 atom stereocenters. The van der Waals surface area contributed by atoms with Gasteiger partial charge >= 0.3 is 0 Å². The van der Waals surface area contributed by atoms with E-state index in [9.17, 15) is 13.2 Å². The third-order valence-corrected chi connectivity index (χ3v) is 5.45. The minimum absolute atomic E-state index is 0.0887. The molecule has 7 heteroatoms. The van der Waals surface area contributed by atoms with Crippen molar-refractivity contribution in [1.82, 2.24) is 5.32 Å². The number of hydrogen-bond donors (Lipinski definition) is 2. The third kappa shape index (κ3) is 5.09. The van der Waals surface area contributed by atoms with Crippen LogP contribution in [0.15, 0.2) is 83.8 Å². The van der Waals surface area contributed by atoms with Gasteiger partial charge in [0.15, 0.2) is 0 Å². The van der Waals surface area contributed by atoms with Crippen LogP contribution < -0.4 is 10.0 Å². The molecule has 2 N–H and O–H groups in total. The number of halogens is 1. The number of rotatable bonds is 6. The standard InChI is InChI=1S/C20H17ClN2O3S/c21-17-9-11-19(12-10-17)27(25,26)23-18-8-4-7-16(13-18)20(24)22-14-15-5-2-1-3-6-15/h1-13,23H,14H2,(H,22,24). The first-order valence-electron chi connectivity index (χ1n) is 8.15. The largest absolute Gasteiger partial charge is 0.348 e. The van der Waals surface area contributed by atoms with Crippen molar-refractivity contribution in [3.8, 4) is 0 Å². The smallest absolute Gasteiger partial charge is 0.261 e. The van der Waals surface area contributed by atoms with E-state index in [1.807, 2.05) is 30.3 Å². The lowest BCUT2D eigenvalue weighted by molar-refractivity contribution is 0.0951. The highest BCUT2D eigenvalue weighted by molar-refractivity contribution is 7.92. The molecule has 0 aromatic heterocycles. The Kier molecular flexibility index (Phi) is 5.78. The molecule has 0 bridgehead atoms. The molecule has 0 unspecified atom stereocenters. The van der Waals surface area contributed by atoms with Crippen molar-refractivity contribution in [3.05, 3.63) is 95.0 Å². The van der Waals surface area contributed by atoms with Crippen LogP contribution in [0.2, 0.25) is 5.02 Å². The van der Waals surface area contributed by atoms with Crippen molar-refractivity contribution in [2.75, 3.05) is 4.72 Å². The molecule has 0 radical (unpaired) electrons. The van der Waals surface area contributed by atoms with Crippen molar-refractivity contribution < 1.29 is 13.2 Å². The van der Waals surface area contributed by atoms with E-state index in [2.05, 4.69) is 10.0 Å². The molecule has 0 saturated carbocycles. The highest BCUT2D eigenvalue weighted by Gasteiger charge is 2.15. The van der Waals surface area contributed by atoms with Gasteiger partial charge in [-0.2, -0.15) is 0 Å². The predicted molar refractivity (Wildman–Crippen MR) is 106 cm³/mol. The van der Waals surface area contributed by atoms with Gasteiger partial charge in [0.1, 0.15) is 0 Å². The first-order chi connectivity index (χ1) is 12.9. The summed E-state index contributed by atoms with van der Waals surface area (Å²) in [6.45, 7) is 0.389. The molecule has 0 aliphatic rings. The van der Waals surface area contributed by atoms with Gasteiger partial charge in [0.05, 0.1) is 4.90 Å². The number of hydrogen-bond acceptors (Lipinski definition) is 3. The van der Waals surface area contributed by atoms with E-state index < -0.39 is 10.0 Å². The Morgan fingerprint density at radius 3 is 2.30 bits per heavy atom. The van der Waals surface area contributed by atoms with Gasteiger partial charge in [-0.1, -0.05) is 48.0 Å². The molecule has 0 spiro atoms. The van der Waals surface area contributed by atoms with Gasteiger partial charge in [-0.3, -0.25) is 9.52 Å². The van der Waals surface area contributed by atoms with Crippen LogP contribution in [-0.2, 0) is 16.6 Å². The quantitative estimate of drug-likeness (QED) is 0.654. The van der Waals surface area contributed by atoms with Gasteiger partial charge in [-0.25, -0.2) is 8.42 Å². The van der Waals surface area contributed by atoms with Crippen molar-refractivity contribution in [2.45, 2.75) is 11.4 Å². The van der Waals surface area contributed by atoms with Crippen molar-refractivity contribution in [1.29, 1.82) is 0 Å². The number of carbonyl (C=O) groups excluding carboxylic acids is 1. The zero-order valence-electron chi connectivity index (χ0n) is 14.2. The lowest BCUT2D eigenvalue weighted by Gasteiger charge is -2.10. The fraction of sp³-hybridized carbons (Fsp3) is 0.0500. The van der Waals surface area contributed by atoms with E-state index in [1.54, 1.807) is 18.2 Å². The first kappa shape index (κ1) is 18.9. The Morgan fingerprint density at radius 2 is 1.59 bits per heavy atom. The maximum absolute atomic E-state index is 12.5. The van der Waals surface area contributed by atoms with E-state index >= 15 is 0 Å². The summed E-state index contributed by atoms with van der Waals surface area (Å²) in [5.74, 6) is -0.286. The van der Waals surface area contributed by atoms with Crippen LogP contribution in [0.4, 0.5) is 5.69 Å². The molecule has 0 heterocycles. The maximum atomic E-state index is 12.5. The summed E-state index contributed by atoms with van der Waals surface area (Å²) in [4.78, 5) is 12.4. The first-order valence-corrected chi connectivity index (χ1v) is 10.0.